The van der Waals surface area contributed by atoms with Crippen LogP contribution in [0.2, 0.25) is 0 Å². The normalized spacial score (nSPS) is 15.8. The number of carbonyl (C=O) groups excluding carboxylic acids is 1. The highest BCUT2D eigenvalue weighted by Gasteiger charge is 2.28. The second kappa shape index (κ2) is 12.0. The molecule has 2 atom stereocenters. The van der Waals surface area contributed by atoms with Gasteiger partial charge in [0.25, 0.3) is 0 Å². The van der Waals surface area contributed by atoms with E-state index in [1.165, 1.54) is 0 Å². The first-order chi connectivity index (χ1) is 17.1. The van der Waals surface area contributed by atoms with Crippen LogP contribution in [0.1, 0.15) is 23.1 Å². The molecule has 0 aliphatic carbocycles. The van der Waals surface area contributed by atoms with Crippen LogP contribution in [0.5, 0.6) is 11.5 Å². The highest BCUT2D eigenvalue weighted by atomic mass is 16.5. The van der Waals surface area contributed by atoms with Gasteiger partial charge in [-0.05, 0) is 35.2 Å². The van der Waals surface area contributed by atoms with Crippen molar-refractivity contribution in [1.82, 2.24) is 5.32 Å². The highest BCUT2D eigenvalue weighted by molar-refractivity contribution is 5.85. The van der Waals surface area contributed by atoms with Crippen LogP contribution in [-0.2, 0) is 34.0 Å². The maximum atomic E-state index is 12.5. The molecule has 2 N–H and O–H groups in total. The van der Waals surface area contributed by atoms with Gasteiger partial charge in [0.15, 0.2) is 11.5 Å². The molecule has 7 nitrogen and oxygen atoms in total. The zero-order valence-corrected chi connectivity index (χ0v) is 19.4. The number of benzene rings is 3. The fourth-order valence-corrected chi connectivity index (χ4v) is 3.85. The van der Waals surface area contributed by atoms with Crippen molar-refractivity contribution >= 4 is 11.9 Å². The van der Waals surface area contributed by atoms with E-state index in [4.69, 9.17) is 14.2 Å². The fourth-order valence-electron chi connectivity index (χ4n) is 3.85. The van der Waals surface area contributed by atoms with E-state index in [2.05, 4.69) is 5.32 Å². The Kier molecular flexibility index (Phi) is 8.35. The highest BCUT2D eigenvalue weighted by Crippen LogP contribution is 2.31. The van der Waals surface area contributed by atoms with Crippen LogP contribution in [0.4, 0.5) is 0 Å². The summed E-state index contributed by atoms with van der Waals surface area (Å²) >= 11 is 0. The van der Waals surface area contributed by atoms with Gasteiger partial charge in [-0.15, -0.1) is 0 Å². The first-order valence-corrected chi connectivity index (χ1v) is 11.7. The first kappa shape index (κ1) is 24.3. The summed E-state index contributed by atoms with van der Waals surface area (Å²) < 4.78 is 17.4. The van der Waals surface area contributed by atoms with Gasteiger partial charge in [0.05, 0.1) is 12.5 Å². The van der Waals surface area contributed by atoms with Crippen molar-refractivity contribution in [3.05, 3.63) is 95.6 Å². The number of rotatable bonds is 11. The van der Waals surface area contributed by atoms with Gasteiger partial charge in [-0.25, -0.2) is 4.79 Å². The fraction of sp³-hybridized carbons (Fsp3) is 0.286. The number of ether oxygens (including phenoxy) is 3. The predicted octanol–water partition coefficient (Wildman–Crippen LogP) is 3.99. The van der Waals surface area contributed by atoms with Gasteiger partial charge < -0.3 is 24.6 Å². The number of amides is 1. The number of carboxylic acids is 1. The van der Waals surface area contributed by atoms with E-state index in [1.54, 1.807) is 18.2 Å². The SMILES string of the molecule is O=C(N[C@H](Cc1ccc(OCc2ccccc2)c(OCc2ccccc2)c1)C(=O)O)[C@@H]1CCOC1. The molecule has 1 saturated heterocycles. The van der Waals surface area contributed by atoms with Crippen LogP contribution in [0, 0.1) is 5.92 Å². The molecule has 0 aromatic heterocycles. The molecule has 0 bridgehead atoms. The maximum absolute atomic E-state index is 12.5. The molecule has 1 amide bonds. The van der Waals surface area contributed by atoms with Gasteiger partial charge in [0.1, 0.15) is 19.3 Å². The maximum Gasteiger partial charge on any atom is 0.326 e. The van der Waals surface area contributed by atoms with Crippen LogP contribution < -0.4 is 14.8 Å². The quantitative estimate of drug-likeness (QED) is 0.436. The molecule has 0 spiro atoms. The minimum Gasteiger partial charge on any atom is -0.485 e. The Hall–Kier alpha value is -3.84. The molecule has 0 saturated carbocycles. The largest absolute Gasteiger partial charge is 0.485 e. The van der Waals surface area contributed by atoms with Gasteiger partial charge in [-0.2, -0.15) is 0 Å². The van der Waals surface area contributed by atoms with Crippen molar-refractivity contribution in [1.29, 1.82) is 0 Å². The number of carbonyl (C=O) groups is 2. The number of hydrogen-bond acceptors (Lipinski definition) is 5. The molecule has 1 aliphatic heterocycles. The standard InChI is InChI=1S/C28H29NO6/c30-27(23-13-14-33-19-23)29-24(28(31)32)15-22-11-12-25(34-17-20-7-3-1-4-8-20)26(16-22)35-18-21-9-5-2-6-10-21/h1-12,16,23-24H,13-15,17-19H2,(H,29,30)(H,31,32)/t23-,24-/m1/s1. The Bertz CT molecular complexity index is 1110. The molecule has 1 fully saturated rings. The first-order valence-electron chi connectivity index (χ1n) is 11.7. The van der Waals surface area contributed by atoms with Crippen LogP contribution in [0.3, 0.4) is 0 Å². The van der Waals surface area contributed by atoms with Crippen LogP contribution >= 0.6 is 0 Å². The molecule has 182 valence electrons. The zero-order chi connectivity index (χ0) is 24.5. The van der Waals surface area contributed by atoms with Gasteiger partial charge in [0, 0.05) is 13.0 Å². The molecule has 0 unspecified atom stereocenters. The number of carboxylic acid groups (broad SMARTS) is 1. The summed E-state index contributed by atoms with van der Waals surface area (Å²) in [5.74, 6) is -0.614. The van der Waals surface area contributed by atoms with Crippen molar-refractivity contribution in [3.8, 4) is 11.5 Å². The third kappa shape index (κ3) is 7.07. The summed E-state index contributed by atoms with van der Waals surface area (Å²) in [5.41, 5.74) is 2.74. The molecule has 1 aliphatic rings. The minimum absolute atomic E-state index is 0.120. The average molecular weight is 476 g/mol. The lowest BCUT2D eigenvalue weighted by molar-refractivity contribution is -0.142. The lowest BCUT2D eigenvalue weighted by Gasteiger charge is -2.18. The molecule has 7 heteroatoms. The third-order valence-corrected chi connectivity index (χ3v) is 5.84. The molecular weight excluding hydrogens is 446 g/mol. The Morgan fingerprint density at radius 3 is 2.09 bits per heavy atom. The van der Waals surface area contributed by atoms with E-state index < -0.39 is 12.0 Å². The summed E-state index contributed by atoms with van der Waals surface area (Å²) in [6.07, 6.45) is 0.721. The third-order valence-electron chi connectivity index (χ3n) is 5.84. The predicted molar refractivity (Wildman–Crippen MR) is 130 cm³/mol. The molecule has 4 rings (SSSR count). The number of nitrogens with one attached hydrogen (secondary N) is 1. The van der Waals surface area contributed by atoms with Crippen molar-refractivity contribution in [2.24, 2.45) is 5.92 Å². The second-order valence-corrected chi connectivity index (χ2v) is 8.49. The van der Waals surface area contributed by atoms with Crippen molar-refractivity contribution in [3.63, 3.8) is 0 Å². The monoisotopic (exact) mass is 475 g/mol. The van der Waals surface area contributed by atoms with Gasteiger partial charge in [-0.3, -0.25) is 4.79 Å². The molecule has 0 radical (unpaired) electrons. The van der Waals surface area contributed by atoms with Gasteiger partial charge in [-0.1, -0.05) is 66.7 Å². The smallest absolute Gasteiger partial charge is 0.326 e. The van der Waals surface area contributed by atoms with E-state index >= 15 is 0 Å². The Balaban J connectivity index is 1.49. The summed E-state index contributed by atoms with van der Waals surface area (Å²) in [5, 5.41) is 12.4. The van der Waals surface area contributed by atoms with E-state index in [0.29, 0.717) is 44.3 Å². The summed E-state index contributed by atoms with van der Waals surface area (Å²) in [4.78, 5) is 24.3. The van der Waals surface area contributed by atoms with E-state index in [-0.39, 0.29) is 18.2 Å². The van der Waals surface area contributed by atoms with Crippen LogP contribution in [-0.4, -0.2) is 36.2 Å². The summed E-state index contributed by atoms with van der Waals surface area (Å²) in [6.45, 7) is 1.55. The second-order valence-electron chi connectivity index (χ2n) is 8.49. The van der Waals surface area contributed by atoms with Gasteiger partial charge >= 0.3 is 5.97 Å². The zero-order valence-electron chi connectivity index (χ0n) is 19.4. The van der Waals surface area contributed by atoms with Crippen molar-refractivity contribution in [2.75, 3.05) is 13.2 Å². The van der Waals surface area contributed by atoms with E-state index in [1.807, 2.05) is 60.7 Å². The Morgan fingerprint density at radius 2 is 1.51 bits per heavy atom. The summed E-state index contributed by atoms with van der Waals surface area (Å²) in [6, 6.07) is 23.9. The molecule has 3 aromatic carbocycles. The van der Waals surface area contributed by atoms with Crippen LogP contribution in [0.25, 0.3) is 0 Å². The number of aliphatic carboxylic acids is 1. The van der Waals surface area contributed by atoms with Crippen LogP contribution in [0.15, 0.2) is 78.9 Å². The van der Waals surface area contributed by atoms with E-state index in [0.717, 1.165) is 16.7 Å². The molecule has 35 heavy (non-hydrogen) atoms. The molecule has 3 aromatic rings. The van der Waals surface area contributed by atoms with Gasteiger partial charge in [0.2, 0.25) is 5.91 Å². The topological polar surface area (TPSA) is 94.1 Å². The molecule has 1 heterocycles. The van der Waals surface area contributed by atoms with E-state index in [9.17, 15) is 14.7 Å². The van der Waals surface area contributed by atoms with Crippen molar-refractivity contribution < 1.29 is 28.9 Å². The molecular formula is C28H29NO6. The lowest BCUT2D eigenvalue weighted by atomic mass is 10.0. The number of hydrogen-bond donors (Lipinski definition) is 2. The minimum atomic E-state index is -1.09. The Morgan fingerprint density at radius 1 is 0.886 bits per heavy atom. The average Bonchev–Trinajstić information content (AvgIpc) is 3.43. The van der Waals surface area contributed by atoms with Crippen molar-refractivity contribution in [2.45, 2.75) is 32.1 Å². The summed E-state index contributed by atoms with van der Waals surface area (Å²) in [7, 11) is 0. The lowest BCUT2D eigenvalue weighted by Crippen LogP contribution is -2.45. The Labute approximate surface area is 204 Å².